The van der Waals surface area contributed by atoms with Crippen LogP contribution in [0.15, 0.2) is 54.9 Å². The van der Waals surface area contributed by atoms with Crippen molar-refractivity contribution in [1.29, 1.82) is 0 Å². The third-order valence-electron chi connectivity index (χ3n) is 3.77. The number of rotatable bonds is 5. The van der Waals surface area contributed by atoms with Crippen molar-refractivity contribution in [2.45, 2.75) is 26.3 Å². The fraction of sp³-hybridized carbons (Fsp3) is 0.238. The zero-order chi connectivity index (χ0) is 20.1. The number of esters is 1. The van der Waals surface area contributed by atoms with Crippen molar-refractivity contribution >= 4 is 23.4 Å². The summed E-state index contributed by atoms with van der Waals surface area (Å²) in [6.45, 7) is 6.15. The standard InChI is InChI=1S/C21H23N5O2/c1-21(2,3)26-20-24-17(14-9-11-22-12-10-14)13-18(25-20)23-16-7-5-15(6-8-16)19(27)28-4/h5-13H,1-4H3,(H2,23,24,25,26). The predicted octanol–water partition coefficient (Wildman–Crippen LogP) is 4.28. The molecule has 0 saturated carbocycles. The Balaban J connectivity index is 1.93. The minimum atomic E-state index is -0.370. The number of nitrogens with one attached hydrogen (secondary N) is 2. The summed E-state index contributed by atoms with van der Waals surface area (Å²) in [5.74, 6) is 0.792. The molecule has 7 nitrogen and oxygen atoms in total. The quantitative estimate of drug-likeness (QED) is 0.642. The second kappa shape index (κ2) is 8.04. The zero-order valence-corrected chi connectivity index (χ0v) is 16.4. The van der Waals surface area contributed by atoms with Gasteiger partial charge in [0.2, 0.25) is 5.95 Å². The summed E-state index contributed by atoms with van der Waals surface area (Å²) in [5.41, 5.74) is 2.82. The van der Waals surface area contributed by atoms with Crippen molar-refractivity contribution in [2.75, 3.05) is 17.7 Å². The molecule has 3 aromatic rings. The molecule has 144 valence electrons. The summed E-state index contributed by atoms with van der Waals surface area (Å²) in [6.07, 6.45) is 3.46. The van der Waals surface area contributed by atoms with E-state index in [1.54, 1.807) is 36.7 Å². The average Bonchev–Trinajstić information content (AvgIpc) is 2.67. The molecule has 28 heavy (non-hydrogen) atoms. The van der Waals surface area contributed by atoms with E-state index in [4.69, 9.17) is 4.74 Å². The number of carbonyl (C=O) groups excluding carboxylic acids is 1. The van der Waals surface area contributed by atoms with E-state index in [0.717, 1.165) is 16.9 Å². The molecule has 0 spiro atoms. The van der Waals surface area contributed by atoms with Gasteiger partial charge in [-0.3, -0.25) is 4.98 Å². The Morgan fingerprint density at radius 1 is 1.00 bits per heavy atom. The molecule has 0 amide bonds. The Bertz CT molecular complexity index is 951. The van der Waals surface area contributed by atoms with Gasteiger partial charge in [-0.05, 0) is 57.2 Å². The monoisotopic (exact) mass is 377 g/mol. The number of hydrogen-bond donors (Lipinski definition) is 2. The maximum atomic E-state index is 11.6. The molecule has 0 unspecified atom stereocenters. The second-order valence-electron chi connectivity index (χ2n) is 7.27. The Morgan fingerprint density at radius 3 is 2.29 bits per heavy atom. The van der Waals surface area contributed by atoms with E-state index in [-0.39, 0.29) is 11.5 Å². The summed E-state index contributed by atoms with van der Waals surface area (Å²) in [7, 11) is 1.36. The molecule has 0 aliphatic carbocycles. The molecular weight excluding hydrogens is 354 g/mol. The first-order chi connectivity index (χ1) is 13.3. The van der Waals surface area contributed by atoms with Crippen molar-refractivity contribution in [2.24, 2.45) is 0 Å². The zero-order valence-electron chi connectivity index (χ0n) is 16.4. The lowest BCUT2D eigenvalue weighted by Crippen LogP contribution is -2.27. The molecule has 7 heteroatoms. The first-order valence-electron chi connectivity index (χ1n) is 8.87. The number of nitrogens with zero attached hydrogens (tertiary/aromatic N) is 3. The molecule has 0 aliphatic heterocycles. The van der Waals surface area contributed by atoms with E-state index in [9.17, 15) is 4.79 Å². The normalized spacial score (nSPS) is 11.0. The van der Waals surface area contributed by atoms with Crippen LogP contribution in [0, 0.1) is 0 Å². The maximum absolute atomic E-state index is 11.6. The van der Waals surface area contributed by atoms with Gasteiger partial charge >= 0.3 is 5.97 Å². The van der Waals surface area contributed by atoms with Gasteiger partial charge in [0.1, 0.15) is 5.82 Å². The van der Waals surface area contributed by atoms with Crippen LogP contribution >= 0.6 is 0 Å². The van der Waals surface area contributed by atoms with E-state index < -0.39 is 0 Å². The van der Waals surface area contributed by atoms with Gasteiger partial charge in [-0.2, -0.15) is 4.98 Å². The smallest absolute Gasteiger partial charge is 0.337 e. The summed E-state index contributed by atoms with van der Waals surface area (Å²) in [5, 5.41) is 6.58. The molecular formula is C21H23N5O2. The molecule has 1 aromatic carbocycles. The van der Waals surface area contributed by atoms with E-state index in [2.05, 4.69) is 25.6 Å². The van der Waals surface area contributed by atoms with Crippen LogP contribution in [0.3, 0.4) is 0 Å². The second-order valence-corrected chi connectivity index (χ2v) is 7.27. The number of anilines is 3. The topological polar surface area (TPSA) is 89.0 Å². The summed E-state index contributed by atoms with van der Waals surface area (Å²) >= 11 is 0. The number of pyridine rings is 1. The van der Waals surface area contributed by atoms with Gasteiger partial charge in [0.05, 0.1) is 18.4 Å². The summed E-state index contributed by atoms with van der Waals surface area (Å²) in [4.78, 5) is 24.8. The summed E-state index contributed by atoms with van der Waals surface area (Å²) < 4.78 is 4.73. The minimum Gasteiger partial charge on any atom is -0.465 e. The van der Waals surface area contributed by atoms with Crippen molar-refractivity contribution in [3.05, 3.63) is 60.4 Å². The first-order valence-corrected chi connectivity index (χ1v) is 8.87. The number of hydrogen-bond acceptors (Lipinski definition) is 7. The highest BCUT2D eigenvalue weighted by atomic mass is 16.5. The van der Waals surface area contributed by atoms with Gasteiger partial charge in [0, 0.05) is 35.2 Å². The van der Waals surface area contributed by atoms with Crippen LogP contribution in [0.4, 0.5) is 17.5 Å². The average molecular weight is 377 g/mol. The lowest BCUT2D eigenvalue weighted by molar-refractivity contribution is 0.0601. The fourth-order valence-corrected chi connectivity index (χ4v) is 2.53. The Labute approximate surface area is 164 Å². The van der Waals surface area contributed by atoms with Crippen molar-refractivity contribution in [3.63, 3.8) is 0 Å². The Morgan fingerprint density at radius 2 is 1.68 bits per heavy atom. The highest BCUT2D eigenvalue weighted by Crippen LogP contribution is 2.24. The van der Waals surface area contributed by atoms with Crippen LogP contribution in [0.2, 0.25) is 0 Å². The molecule has 0 aliphatic rings. The molecule has 0 saturated heterocycles. The Kier molecular flexibility index (Phi) is 5.54. The van der Waals surface area contributed by atoms with Crippen LogP contribution in [-0.2, 0) is 4.74 Å². The number of aromatic nitrogens is 3. The SMILES string of the molecule is COC(=O)c1ccc(Nc2cc(-c3ccncc3)nc(NC(C)(C)C)n2)cc1. The number of carbonyl (C=O) groups is 1. The van der Waals surface area contributed by atoms with E-state index in [0.29, 0.717) is 17.3 Å². The lowest BCUT2D eigenvalue weighted by atomic mass is 10.1. The molecule has 2 N–H and O–H groups in total. The highest BCUT2D eigenvalue weighted by Gasteiger charge is 2.14. The predicted molar refractivity (Wildman–Crippen MR) is 110 cm³/mol. The highest BCUT2D eigenvalue weighted by molar-refractivity contribution is 5.89. The van der Waals surface area contributed by atoms with Gasteiger partial charge in [-0.25, -0.2) is 9.78 Å². The van der Waals surface area contributed by atoms with Gasteiger partial charge in [-0.15, -0.1) is 0 Å². The van der Waals surface area contributed by atoms with Crippen LogP contribution in [0.25, 0.3) is 11.3 Å². The molecule has 2 aromatic heterocycles. The van der Waals surface area contributed by atoms with Gasteiger partial charge in [0.15, 0.2) is 0 Å². The van der Waals surface area contributed by atoms with Crippen molar-refractivity contribution in [3.8, 4) is 11.3 Å². The van der Waals surface area contributed by atoms with Crippen LogP contribution in [0.5, 0.6) is 0 Å². The number of methoxy groups -OCH3 is 1. The van der Waals surface area contributed by atoms with E-state index >= 15 is 0 Å². The molecule has 0 atom stereocenters. The molecule has 0 fully saturated rings. The van der Waals surface area contributed by atoms with Crippen molar-refractivity contribution in [1.82, 2.24) is 15.0 Å². The first kappa shape index (κ1) is 19.3. The number of ether oxygens (including phenoxy) is 1. The van der Waals surface area contributed by atoms with Crippen LogP contribution < -0.4 is 10.6 Å². The molecule has 3 rings (SSSR count). The Hall–Kier alpha value is -3.48. The summed E-state index contributed by atoms with van der Waals surface area (Å²) in [6, 6.07) is 12.7. The third-order valence-corrected chi connectivity index (χ3v) is 3.77. The van der Waals surface area contributed by atoms with Crippen LogP contribution in [0.1, 0.15) is 31.1 Å². The molecule has 2 heterocycles. The largest absolute Gasteiger partial charge is 0.465 e. The van der Waals surface area contributed by atoms with Gasteiger partial charge < -0.3 is 15.4 Å². The fourth-order valence-electron chi connectivity index (χ4n) is 2.53. The molecule has 0 radical (unpaired) electrons. The molecule has 0 bridgehead atoms. The van der Waals surface area contributed by atoms with Gasteiger partial charge in [-0.1, -0.05) is 0 Å². The number of benzene rings is 1. The van der Waals surface area contributed by atoms with Crippen molar-refractivity contribution < 1.29 is 9.53 Å². The van der Waals surface area contributed by atoms with Gasteiger partial charge in [0.25, 0.3) is 0 Å². The van der Waals surface area contributed by atoms with E-state index in [1.165, 1.54) is 7.11 Å². The maximum Gasteiger partial charge on any atom is 0.337 e. The lowest BCUT2D eigenvalue weighted by Gasteiger charge is -2.21. The van der Waals surface area contributed by atoms with Crippen LogP contribution in [-0.4, -0.2) is 33.6 Å². The third kappa shape index (κ3) is 5.03. The van der Waals surface area contributed by atoms with E-state index in [1.807, 2.05) is 39.0 Å². The minimum absolute atomic E-state index is 0.184.